The third kappa shape index (κ3) is 3.88. The van der Waals surface area contributed by atoms with Crippen LogP contribution in [0.5, 0.6) is 0 Å². The maximum Gasteiger partial charge on any atom is 0.276 e. The Kier molecular flexibility index (Phi) is 5.00. The van der Waals surface area contributed by atoms with Gasteiger partial charge in [0.15, 0.2) is 0 Å². The molecule has 2 aromatic heterocycles. The Morgan fingerprint density at radius 1 is 0.719 bits per heavy atom. The van der Waals surface area contributed by atoms with Crippen LogP contribution >= 0.6 is 0 Å². The van der Waals surface area contributed by atoms with Gasteiger partial charge < -0.3 is 0 Å². The number of rotatable bonds is 6. The average Bonchev–Trinajstić information content (AvgIpc) is 3.48. The van der Waals surface area contributed by atoms with Gasteiger partial charge in [-0.15, -0.1) is 5.10 Å². The zero-order chi connectivity index (χ0) is 22.0. The summed E-state index contributed by atoms with van der Waals surface area (Å²) in [4.78, 5) is 5.39. The van der Waals surface area contributed by atoms with Crippen molar-refractivity contribution in [3.8, 4) is 28.3 Å². The van der Waals surface area contributed by atoms with Gasteiger partial charge in [0, 0.05) is 5.56 Å². The van der Waals surface area contributed by atoms with Crippen molar-refractivity contribution in [2.75, 3.05) is 4.83 Å². The second-order valence-electron chi connectivity index (χ2n) is 6.96. The second kappa shape index (κ2) is 8.12. The Morgan fingerprint density at radius 3 is 2.03 bits per heavy atom. The first-order valence-electron chi connectivity index (χ1n) is 9.82. The first kappa shape index (κ1) is 19.7. The minimum atomic E-state index is -3.86. The number of hydrogen-bond acceptors (Lipinski definition) is 5. The molecule has 0 amide bonds. The molecule has 0 atom stereocenters. The highest BCUT2D eigenvalue weighted by Gasteiger charge is 2.20. The Bertz CT molecular complexity index is 1450. The highest BCUT2D eigenvalue weighted by molar-refractivity contribution is 7.92. The molecule has 0 spiro atoms. The normalized spacial score (nSPS) is 11.4. The predicted molar refractivity (Wildman–Crippen MR) is 121 cm³/mol. The highest BCUT2D eigenvalue weighted by atomic mass is 32.2. The molecule has 0 fully saturated rings. The van der Waals surface area contributed by atoms with Crippen molar-refractivity contribution in [3.05, 3.63) is 103 Å². The molecule has 0 radical (unpaired) electrons. The van der Waals surface area contributed by atoms with Crippen LogP contribution in [0.25, 0.3) is 28.3 Å². The minimum absolute atomic E-state index is 0.135. The molecule has 158 valence electrons. The molecule has 2 heterocycles. The molecule has 5 rings (SSSR count). The van der Waals surface area contributed by atoms with E-state index in [2.05, 4.69) is 20.1 Å². The molecule has 0 aliphatic heterocycles. The SMILES string of the molecule is O=S(=O)(Nn1nc(-c2ccccc2)cc1-c1cnn(-c2ccccc2)n1)c1ccccc1. The van der Waals surface area contributed by atoms with Gasteiger partial charge in [0.05, 0.1) is 22.5 Å². The predicted octanol–water partition coefficient (Wildman–Crippen LogP) is 3.73. The van der Waals surface area contributed by atoms with E-state index >= 15 is 0 Å². The summed E-state index contributed by atoms with van der Waals surface area (Å²) in [5.74, 6) is 0. The van der Waals surface area contributed by atoms with Crippen LogP contribution < -0.4 is 4.83 Å². The van der Waals surface area contributed by atoms with Crippen LogP contribution in [0, 0.1) is 0 Å². The Morgan fingerprint density at radius 2 is 1.34 bits per heavy atom. The summed E-state index contributed by atoms with van der Waals surface area (Å²) in [5.41, 5.74) is 3.18. The van der Waals surface area contributed by atoms with Gasteiger partial charge in [0.2, 0.25) is 0 Å². The number of nitrogens with one attached hydrogen (secondary N) is 1. The molecule has 8 nitrogen and oxygen atoms in total. The van der Waals surface area contributed by atoms with E-state index in [-0.39, 0.29) is 4.90 Å². The number of sulfonamides is 1. The van der Waals surface area contributed by atoms with E-state index in [0.29, 0.717) is 17.1 Å². The van der Waals surface area contributed by atoms with Crippen molar-refractivity contribution in [3.63, 3.8) is 0 Å². The van der Waals surface area contributed by atoms with E-state index < -0.39 is 10.0 Å². The highest BCUT2D eigenvalue weighted by Crippen LogP contribution is 2.25. The molecule has 0 aliphatic carbocycles. The van der Waals surface area contributed by atoms with E-state index in [9.17, 15) is 8.42 Å². The Balaban J connectivity index is 1.59. The summed E-state index contributed by atoms with van der Waals surface area (Å²) >= 11 is 0. The number of para-hydroxylation sites is 1. The van der Waals surface area contributed by atoms with Crippen LogP contribution in [-0.4, -0.2) is 33.3 Å². The quantitative estimate of drug-likeness (QED) is 0.432. The average molecular weight is 443 g/mol. The first-order chi connectivity index (χ1) is 15.6. The number of hydrogen-bond donors (Lipinski definition) is 1. The van der Waals surface area contributed by atoms with Gasteiger partial charge in [-0.3, -0.25) is 0 Å². The van der Waals surface area contributed by atoms with Gasteiger partial charge in [-0.1, -0.05) is 66.7 Å². The van der Waals surface area contributed by atoms with Crippen LogP contribution in [0.2, 0.25) is 0 Å². The summed E-state index contributed by atoms with van der Waals surface area (Å²) < 4.78 is 25.9. The zero-order valence-electron chi connectivity index (χ0n) is 16.8. The fraction of sp³-hybridized carbons (Fsp3) is 0. The molecule has 0 saturated heterocycles. The van der Waals surface area contributed by atoms with Crippen molar-refractivity contribution >= 4 is 10.0 Å². The lowest BCUT2D eigenvalue weighted by atomic mass is 10.1. The van der Waals surface area contributed by atoms with E-state index in [1.54, 1.807) is 30.5 Å². The zero-order valence-corrected chi connectivity index (χ0v) is 17.6. The molecular formula is C23H18N6O2S. The molecule has 5 aromatic rings. The molecular weight excluding hydrogens is 424 g/mol. The second-order valence-corrected chi connectivity index (χ2v) is 8.62. The molecule has 0 aliphatic rings. The lowest BCUT2D eigenvalue weighted by molar-refractivity contribution is 0.592. The van der Waals surface area contributed by atoms with Crippen LogP contribution in [0.4, 0.5) is 0 Å². The maximum absolute atomic E-state index is 12.9. The fourth-order valence-corrected chi connectivity index (χ4v) is 4.20. The summed E-state index contributed by atoms with van der Waals surface area (Å²) in [5, 5.41) is 13.4. The fourth-order valence-electron chi connectivity index (χ4n) is 3.22. The maximum atomic E-state index is 12.9. The number of aromatic nitrogens is 5. The number of nitrogens with zero attached hydrogens (tertiary/aromatic N) is 5. The molecule has 32 heavy (non-hydrogen) atoms. The van der Waals surface area contributed by atoms with Crippen molar-refractivity contribution < 1.29 is 8.42 Å². The van der Waals surface area contributed by atoms with Crippen LogP contribution in [0.15, 0.2) is 108 Å². The van der Waals surface area contributed by atoms with Gasteiger partial charge in [0.25, 0.3) is 10.0 Å². The van der Waals surface area contributed by atoms with Gasteiger partial charge in [0.1, 0.15) is 11.4 Å². The van der Waals surface area contributed by atoms with Crippen LogP contribution in [0.3, 0.4) is 0 Å². The van der Waals surface area contributed by atoms with E-state index in [4.69, 9.17) is 0 Å². The molecule has 9 heteroatoms. The smallest absolute Gasteiger partial charge is 0.200 e. The van der Waals surface area contributed by atoms with Gasteiger partial charge in [-0.25, -0.2) is 0 Å². The topological polar surface area (TPSA) is 94.7 Å². The van der Waals surface area contributed by atoms with Crippen molar-refractivity contribution in [2.45, 2.75) is 4.90 Å². The summed E-state index contributed by atoms with van der Waals surface area (Å²) in [7, 11) is -3.86. The van der Waals surface area contributed by atoms with E-state index in [1.807, 2.05) is 60.7 Å². The summed E-state index contributed by atoms with van der Waals surface area (Å²) in [6.45, 7) is 0. The molecule has 1 N–H and O–H groups in total. The Hall–Kier alpha value is -4.24. The van der Waals surface area contributed by atoms with Crippen LogP contribution in [-0.2, 0) is 10.0 Å². The van der Waals surface area contributed by atoms with Crippen LogP contribution in [0.1, 0.15) is 0 Å². The van der Waals surface area contributed by atoms with Crippen molar-refractivity contribution in [2.24, 2.45) is 0 Å². The lowest BCUT2D eigenvalue weighted by Gasteiger charge is -2.10. The lowest BCUT2D eigenvalue weighted by Crippen LogP contribution is -2.25. The number of benzene rings is 3. The minimum Gasteiger partial charge on any atom is -0.200 e. The largest absolute Gasteiger partial charge is 0.276 e. The van der Waals surface area contributed by atoms with Gasteiger partial charge in [-0.05, 0) is 30.3 Å². The standard InChI is InChI=1S/C23H18N6O2S/c30-32(31,20-14-8-3-9-15-20)27-29-23(16-21(25-29)18-10-4-1-5-11-18)22-17-24-28(26-22)19-12-6-2-7-13-19/h1-17,27H. The third-order valence-corrected chi connectivity index (χ3v) is 6.09. The molecule has 0 bridgehead atoms. The molecule has 3 aromatic carbocycles. The van der Waals surface area contributed by atoms with Crippen molar-refractivity contribution in [1.29, 1.82) is 0 Å². The monoisotopic (exact) mass is 442 g/mol. The van der Waals surface area contributed by atoms with E-state index in [0.717, 1.165) is 11.3 Å². The molecule has 0 unspecified atom stereocenters. The van der Waals surface area contributed by atoms with E-state index in [1.165, 1.54) is 21.7 Å². The third-order valence-electron chi connectivity index (χ3n) is 4.78. The summed E-state index contributed by atoms with van der Waals surface area (Å²) in [6.07, 6.45) is 1.58. The first-order valence-corrected chi connectivity index (χ1v) is 11.3. The Labute approximate surface area is 184 Å². The summed E-state index contributed by atoms with van der Waals surface area (Å²) in [6, 6.07) is 28.9. The van der Waals surface area contributed by atoms with Gasteiger partial charge >= 0.3 is 0 Å². The van der Waals surface area contributed by atoms with Crippen molar-refractivity contribution in [1.82, 2.24) is 24.9 Å². The molecule has 0 saturated carbocycles. The van der Waals surface area contributed by atoms with Gasteiger partial charge in [-0.2, -0.15) is 33.0 Å².